The third-order valence-electron chi connectivity index (χ3n) is 2.90. The van der Waals surface area contributed by atoms with Crippen molar-refractivity contribution in [1.82, 2.24) is 15.1 Å². The molecule has 0 unspecified atom stereocenters. The summed E-state index contributed by atoms with van der Waals surface area (Å²) in [5, 5.41) is 6.62. The smallest absolute Gasteiger partial charge is 0.259 e. The normalized spacial score (nSPS) is 19.4. The fraction of sp³-hybridized carbons (Fsp3) is 0.636. The van der Waals surface area contributed by atoms with Crippen molar-refractivity contribution in [2.75, 3.05) is 24.6 Å². The number of aromatic amines is 1. The first-order chi connectivity index (χ1) is 7.91. The van der Waals surface area contributed by atoms with Gasteiger partial charge < -0.3 is 10.6 Å². The predicted molar refractivity (Wildman–Crippen MR) is 70.2 cm³/mol. The first-order valence-electron chi connectivity index (χ1n) is 5.64. The zero-order valence-electron chi connectivity index (χ0n) is 10.4. The Kier molecular flexibility index (Phi) is 3.07. The van der Waals surface area contributed by atoms with E-state index < -0.39 is 0 Å². The van der Waals surface area contributed by atoms with E-state index in [0.717, 1.165) is 24.5 Å². The van der Waals surface area contributed by atoms with Gasteiger partial charge in [0.1, 0.15) is 5.56 Å². The maximum atomic E-state index is 12.4. The molecule has 0 aliphatic carbocycles. The molecule has 6 heteroatoms. The lowest BCUT2D eigenvalue weighted by Gasteiger charge is -2.37. The van der Waals surface area contributed by atoms with Gasteiger partial charge in [0.2, 0.25) is 0 Å². The van der Waals surface area contributed by atoms with Crippen molar-refractivity contribution < 1.29 is 4.79 Å². The van der Waals surface area contributed by atoms with Crippen LogP contribution in [0.15, 0.2) is 0 Å². The van der Waals surface area contributed by atoms with Crippen molar-refractivity contribution in [1.29, 1.82) is 0 Å². The third-order valence-corrected chi connectivity index (χ3v) is 4.20. The number of carbonyl (C=O) groups is 1. The summed E-state index contributed by atoms with van der Waals surface area (Å²) < 4.78 is 0.111. The second-order valence-corrected chi connectivity index (χ2v) is 6.75. The van der Waals surface area contributed by atoms with E-state index in [1.807, 2.05) is 23.6 Å². The first kappa shape index (κ1) is 12.3. The summed E-state index contributed by atoms with van der Waals surface area (Å²) in [5.41, 5.74) is 6.98. The van der Waals surface area contributed by atoms with Crippen LogP contribution in [0.1, 0.15) is 29.9 Å². The molecule has 0 saturated carbocycles. The molecule has 1 aliphatic rings. The fourth-order valence-corrected chi connectivity index (χ4v) is 3.18. The largest absolute Gasteiger partial charge is 0.382 e. The van der Waals surface area contributed by atoms with E-state index in [9.17, 15) is 4.79 Å². The topological polar surface area (TPSA) is 75.0 Å². The van der Waals surface area contributed by atoms with E-state index in [0.29, 0.717) is 11.4 Å². The zero-order chi connectivity index (χ0) is 12.6. The molecule has 5 nitrogen and oxygen atoms in total. The highest BCUT2D eigenvalue weighted by molar-refractivity contribution is 8.00. The van der Waals surface area contributed by atoms with Gasteiger partial charge in [0, 0.05) is 29.3 Å². The highest BCUT2D eigenvalue weighted by Crippen LogP contribution is 2.30. The van der Waals surface area contributed by atoms with Crippen LogP contribution in [0.25, 0.3) is 0 Å². The highest BCUT2D eigenvalue weighted by atomic mass is 32.2. The first-order valence-corrected chi connectivity index (χ1v) is 6.63. The van der Waals surface area contributed by atoms with Crippen LogP contribution in [-0.2, 0) is 0 Å². The van der Waals surface area contributed by atoms with Crippen LogP contribution in [0.5, 0.6) is 0 Å². The van der Waals surface area contributed by atoms with Crippen LogP contribution in [0.2, 0.25) is 0 Å². The number of nitrogens with one attached hydrogen (secondary N) is 1. The minimum atomic E-state index is -0.0119. The van der Waals surface area contributed by atoms with E-state index in [1.54, 1.807) is 0 Å². The monoisotopic (exact) mass is 254 g/mol. The number of aromatic nitrogens is 2. The van der Waals surface area contributed by atoms with Crippen molar-refractivity contribution >= 4 is 23.5 Å². The van der Waals surface area contributed by atoms with Crippen molar-refractivity contribution in [2.45, 2.75) is 25.5 Å². The Morgan fingerprint density at radius 1 is 1.59 bits per heavy atom. The van der Waals surface area contributed by atoms with Gasteiger partial charge in [-0.2, -0.15) is 16.9 Å². The van der Waals surface area contributed by atoms with Crippen LogP contribution < -0.4 is 5.73 Å². The lowest BCUT2D eigenvalue weighted by atomic mass is 10.1. The molecular weight excluding hydrogens is 236 g/mol. The molecule has 1 saturated heterocycles. The molecule has 2 rings (SSSR count). The average Bonchev–Trinajstić information content (AvgIpc) is 2.56. The lowest BCUT2D eigenvalue weighted by Crippen LogP contribution is -2.46. The number of H-pyrrole nitrogens is 1. The molecule has 17 heavy (non-hydrogen) atoms. The Labute approximate surface area is 105 Å². The van der Waals surface area contributed by atoms with Gasteiger partial charge in [-0.1, -0.05) is 0 Å². The molecule has 0 bridgehead atoms. The molecule has 0 atom stereocenters. The van der Waals surface area contributed by atoms with Gasteiger partial charge >= 0.3 is 0 Å². The number of nitrogen functional groups attached to an aromatic ring is 1. The maximum Gasteiger partial charge on any atom is 0.259 e. The van der Waals surface area contributed by atoms with Crippen LogP contribution in [0.4, 0.5) is 5.82 Å². The predicted octanol–water partition coefficient (Wildman–Crippen LogP) is 1.27. The molecule has 1 fully saturated rings. The number of anilines is 1. The number of amides is 1. The van der Waals surface area contributed by atoms with Crippen molar-refractivity contribution in [3.05, 3.63) is 11.3 Å². The Hall–Kier alpha value is -1.17. The molecule has 0 radical (unpaired) electrons. The molecular formula is C11H18N4OS. The molecule has 2 heterocycles. The second kappa shape index (κ2) is 4.25. The number of nitrogens with zero attached hydrogens (tertiary/aromatic N) is 2. The SMILES string of the molecule is Cc1[nH]nc(N)c1C(=O)N1CCSC(C)(C)C1. The fourth-order valence-electron chi connectivity index (χ4n) is 2.07. The van der Waals surface area contributed by atoms with E-state index in [4.69, 9.17) is 5.73 Å². The zero-order valence-corrected chi connectivity index (χ0v) is 11.2. The lowest BCUT2D eigenvalue weighted by molar-refractivity contribution is 0.0748. The molecule has 1 aromatic rings. The number of aryl methyl sites for hydroxylation is 1. The summed E-state index contributed by atoms with van der Waals surface area (Å²) in [5.74, 6) is 1.25. The minimum absolute atomic E-state index is 0.0119. The van der Waals surface area contributed by atoms with Crippen LogP contribution >= 0.6 is 11.8 Å². The Balaban J connectivity index is 2.21. The number of hydrogen-bond acceptors (Lipinski definition) is 4. The molecule has 0 spiro atoms. The average molecular weight is 254 g/mol. The minimum Gasteiger partial charge on any atom is -0.382 e. The van der Waals surface area contributed by atoms with E-state index in [2.05, 4.69) is 24.0 Å². The number of hydrogen-bond donors (Lipinski definition) is 2. The van der Waals surface area contributed by atoms with Gasteiger partial charge in [-0.25, -0.2) is 0 Å². The number of nitrogens with two attached hydrogens (primary N) is 1. The van der Waals surface area contributed by atoms with Crippen LogP contribution in [0.3, 0.4) is 0 Å². The van der Waals surface area contributed by atoms with Gasteiger partial charge in [-0.05, 0) is 20.8 Å². The number of carbonyl (C=O) groups excluding carboxylic acids is 1. The molecule has 1 aliphatic heterocycles. The van der Waals surface area contributed by atoms with Crippen molar-refractivity contribution in [3.63, 3.8) is 0 Å². The van der Waals surface area contributed by atoms with Gasteiger partial charge in [-0.3, -0.25) is 9.89 Å². The maximum absolute atomic E-state index is 12.4. The molecule has 94 valence electrons. The molecule has 1 amide bonds. The Bertz CT molecular complexity index is 421. The summed E-state index contributed by atoms with van der Waals surface area (Å²) in [6.07, 6.45) is 0. The Morgan fingerprint density at radius 3 is 2.82 bits per heavy atom. The third kappa shape index (κ3) is 2.41. The van der Waals surface area contributed by atoms with Gasteiger partial charge in [0.05, 0.1) is 0 Å². The summed E-state index contributed by atoms with van der Waals surface area (Å²) in [7, 11) is 0. The summed E-state index contributed by atoms with van der Waals surface area (Å²) in [6.45, 7) is 7.66. The molecule has 1 aromatic heterocycles. The highest BCUT2D eigenvalue weighted by Gasteiger charge is 2.32. The second-order valence-electron chi connectivity index (χ2n) is 4.94. The number of rotatable bonds is 1. The van der Waals surface area contributed by atoms with Gasteiger partial charge in [0.25, 0.3) is 5.91 Å². The van der Waals surface area contributed by atoms with Gasteiger partial charge in [-0.15, -0.1) is 0 Å². The van der Waals surface area contributed by atoms with E-state index in [-0.39, 0.29) is 10.7 Å². The Morgan fingerprint density at radius 2 is 2.29 bits per heavy atom. The van der Waals surface area contributed by atoms with E-state index >= 15 is 0 Å². The summed E-state index contributed by atoms with van der Waals surface area (Å²) in [6, 6.07) is 0. The standard InChI is InChI=1S/C11H18N4OS/c1-7-8(9(12)14-13-7)10(16)15-4-5-17-11(2,3)6-15/h4-6H2,1-3H3,(H3,12,13,14). The molecule has 0 aromatic carbocycles. The van der Waals surface area contributed by atoms with Gasteiger partial charge in [0.15, 0.2) is 5.82 Å². The summed E-state index contributed by atoms with van der Waals surface area (Å²) in [4.78, 5) is 14.2. The van der Waals surface area contributed by atoms with Crippen molar-refractivity contribution in [3.8, 4) is 0 Å². The molecule has 3 N–H and O–H groups in total. The van der Waals surface area contributed by atoms with Crippen LogP contribution in [-0.4, -0.2) is 44.6 Å². The quantitative estimate of drug-likeness (QED) is 0.791. The van der Waals surface area contributed by atoms with E-state index in [1.165, 1.54) is 0 Å². The summed E-state index contributed by atoms with van der Waals surface area (Å²) >= 11 is 1.90. The van der Waals surface area contributed by atoms with Crippen molar-refractivity contribution in [2.24, 2.45) is 0 Å². The number of thioether (sulfide) groups is 1. The van der Waals surface area contributed by atoms with Crippen LogP contribution in [0, 0.1) is 6.92 Å².